The molecule has 1 heterocycles. The Morgan fingerprint density at radius 3 is 2.75 bits per heavy atom. The first kappa shape index (κ1) is 16.9. The van der Waals surface area contributed by atoms with Crippen LogP contribution in [0.3, 0.4) is 0 Å². The van der Waals surface area contributed by atoms with Gasteiger partial charge >= 0.3 is 5.97 Å². The number of carbonyl (C=O) groups is 2. The quantitative estimate of drug-likeness (QED) is 0.674. The van der Waals surface area contributed by atoms with Crippen LogP contribution in [0.2, 0.25) is 0 Å². The van der Waals surface area contributed by atoms with Crippen LogP contribution in [0.15, 0.2) is 0 Å². The van der Waals surface area contributed by atoms with Gasteiger partial charge in [-0.15, -0.1) is 0 Å². The lowest BCUT2D eigenvalue weighted by Crippen LogP contribution is -2.52. The number of nitrogens with one attached hydrogen (secondary N) is 1. The molecule has 6 heteroatoms. The van der Waals surface area contributed by atoms with Crippen molar-refractivity contribution < 1.29 is 19.4 Å². The average Bonchev–Trinajstić information content (AvgIpc) is 2.42. The molecule has 0 aromatic heterocycles. The van der Waals surface area contributed by atoms with Crippen molar-refractivity contribution in [2.45, 2.75) is 45.2 Å². The van der Waals surface area contributed by atoms with Gasteiger partial charge in [0.2, 0.25) is 5.91 Å². The smallest absolute Gasteiger partial charge is 0.306 e. The highest BCUT2D eigenvalue weighted by Gasteiger charge is 2.34. The molecule has 20 heavy (non-hydrogen) atoms. The lowest BCUT2D eigenvalue weighted by atomic mass is 9.90. The predicted molar refractivity (Wildman–Crippen MR) is 75.5 cm³/mol. The fourth-order valence-electron chi connectivity index (χ4n) is 2.72. The third-order valence-electron chi connectivity index (χ3n) is 3.98. The number of amides is 1. The van der Waals surface area contributed by atoms with Gasteiger partial charge in [-0.1, -0.05) is 0 Å². The first-order chi connectivity index (χ1) is 9.47. The zero-order valence-corrected chi connectivity index (χ0v) is 12.6. The molecule has 1 saturated heterocycles. The van der Waals surface area contributed by atoms with E-state index in [0.717, 1.165) is 6.42 Å². The van der Waals surface area contributed by atoms with E-state index < -0.39 is 5.97 Å². The van der Waals surface area contributed by atoms with E-state index >= 15 is 0 Å². The van der Waals surface area contributed by atoms with Crippen molar-refractivity contribution >= 4 is 11.9 Å². The monoisotopic (exact) mass is 286 g/mol. The Morgan fingerprint density at radius 1 is 1.50 bits per heavy atom. The summed E-state index contributed by atoms with van der Waals surface area (Å²) in [6.45, 7) is 5.77. The maximum atomic E-state index is 12.1. The molecular formula is C14H26N2O4. The molecule has 3 atom stereocenters. The molecule has 0 aromatic carbocycles. The summed E-state index contributed by atoms with van der Waals surface area (Å²) in [6.07, 6.45) is 2.02. The first-order valence-corrected chi connectivity index (χ1v) is 7.22. The molecule has 1 aliphatic rings. The molecule has 1 fully saturated rings. The van der Waals surface area contributed by atoms with Gasteiger partial charge in [0.1, 0.15) is 0 Å². The second-order valence-corrected chi connectivity index (χ2v) is 5.46. The fraction of sp³-hybridized carbons (Fsp3) is 0.857. The second kappa shape index (κ2) is 8.21. The Bertz CT molecular complexity index is 335. The number of aliphatic carboxylic acids is 1. The molecule has 1 rings (SSSR count). The fourth-order valence-corrected chi connectivity index (χ4v) is 2.72. The number of carboxylic acids is 1. The summed E-state index contributed by atoms with van der Waals surface area (Å²) < 4.78 is 4.93. The third kappa shape index (κ3) is 4.76. The van der Waals surface area contributed by atoms with Gasteiger partial charge < -0.3 is 15.2 Å². The minimum atomic E-state index is -0.729. The molecule has 1 aliphatic heterocycles. The summed E-state index contributed by atoms with van der Waals surface area (Å²) >= 11 is 0. The Labute approximate surface area is 120 Å². The first-order valence-electron chi connectivity index (χ1n) is 7.22. The van der Waals surface area contributed by atoms with E-state index in [4.69, 9.17) is 9.84 Å². The van der Waals surface area contributed by atoms with Crippen molar-refractivity contribution in [2.24, 2.45) is 5.92 Å². The maximum Gasteiger partial charge on any atom is 0.306 e. The highest BCUT2D eigenvalue weighted by molar-refractivity contribution is 5.81. The van der Waals surface area contributed by atoms with E-state index in [0.29, 0.717) is 32.5 Å². The van der Waals surface area contributed by atoms with Gasteiger partial charge in [0.15, 0.2) is 0 Å². The molecular weight excluding hydrogens is 260 g/mol. The molecule has 0 spiro atoms. The van der Waals surface area contributed by atoms with Crippen LogP contribution in [-0.4, -0.2) is 60.8 Å². The number of carbonyl (C=O) groups excluding carboxylic acids is 1. The molecule has 3 unspecified atom stereocenters. The highest BCUT2D eigenvalue weighted by Crippen LogP contribution is 2.24. The van der Waals surface area contributed by atoms with E-state index in [1.54, 1.807) is 7.11 Å². The number of rotatable bonds is 7. The zero-order chi connectivity index (χ0) is 15.1. The molecule has 0 saturated carbocycles. The lowest BCUT2D eigenvalue weighted by Gasteiger charge is -2.39. The number of carboxylic acid groups (broad SMARTS) is 1. The Hall–Kier alpha value is -1.14. The van der Waals surface area contributed by atoms with E-state index in [9.17, 15) is 9.59 Å². The van der Waals surface area contributed by atoms with Crippen LogP contribution in [0.4, 0.5) is 0 Å². The molecule has 0 bridgehead atoms. The van der Waals surface area contributed by atoms with Crippen LogP contribution >= 0.6 is 0 Å². The standard InChI is InChI=1S/C14H26N2O4/c1-10-9-12(14(18)19)5-7-16(10)11(2)13(17)15-6-4-8-20-3/h10-12H,4-9H2,1-3H3,(H,15,17)(H,18,19). The topological polar surface area (TPSA) is 78.9 Å². The average molecular weight is 286 g/mol. The summed E-state index contributed by atoms with van der Waals surface area (Å²) in [4.78, 5) is 25.1. The summed E-state index contributed by atoms with van der Waals surface area (Å²) in [6, 6.07) is -0.105. The molecule has 6 nitrogen and oxygen atoms in total. The normalized spacial score (nSPS) is 25.1. The van der Waals surface area contributed by atoms with Crippen LogP contribution < -0.4 is 5.32 Å². The minimum Gasteiger partial charge on any atom is -0.481 e. The molecule has 2 N–H and O–H groups in total. The highest BCUT2D eigenvalue weighted by atomic mass is 16.5. The molecule has 116 valence electrons. The SMILES string of the molecule is COCCCNC(=O)C(C)N1CCC(C(=O)O)CC1C. The van der Waals surface area contributed by atoms with Crippen LogP contribution in [0, 0.1) is 5.92 Å². The number of likely N-dealkylation sites (tertiary alicyclic amines) is 1. The van der Waals surface area contributed by atoms with Crippen LogP contribution in [-0.2, 0) is 14.3 Å². The number of hydrogen-bond acceptors (Lipinski definition) is 4. The van der Waals surface area contributed by atoms with Crippen molar-refractivity contribution in [1.82, 2.24) is 10.2 Å². The van der Waals surface area contributed by atoms with E-state index in [1.807, 2.05) is 13.8 Å². The van der Waals surface area contributed by atoms with Crippen molar-refractivity contribution in [3.63, 3.8) is 0 Å². The number of nitrogens with zero attached hydrogens (tertiary/aromatic N) is 1. The van der Waals surface area contributed by atoms with E-state index in [-0.39, 0.29) is 23.9 Å². The Balaban J connectivity index is 2.41. The van der Waals surface area contributed by atoms with Gasteiger partial charge in [-0.3, -0.25) is 14.5 Å². The zero-order valence-electron chi connectivity index (χ0n) is 12.6. The largest absolute Gasteiger partial charge is 0.481 e. The van der Waals surface area contributed by atoms with Crippen molar-refractivity contribution in [3.8, 4) is 0 Å². The van der Waals surface area contributed by atoms with Gasteiger partial charge in [0.05, 0.1) is 12.0 Å². The van der Waals surface area contributed by atoms with E-state index in [1.165, 1.54) is 0 Å². The van der Waals surface area contributed by atoms with E-state index in [2.05, 4.69) is 10.2 Å². The third-order valence-corrected chi connectivity index (χ3v) is 3.98. The molecule has 0 radical (unpaired) electrons. The number of hydrogen-bond donors (Lipinski definition) is 2. The summed E-state index contributed by atoms with van der Waals surface area (Å²) in [5.74, 6) is -1.01. The van der Waals surface area contributed by atoms with Crippen molar-refractivity contribution in [1.29, 1.82) is 0 Å². The maximum absolute atomic E-state index is 12.1. The molecule has 0 aromatic rings. The van der Waals surface area contributed by atoms with Gasteiger partial charge in [-0.2, -0.15) is 0 Å². The summed E-state index contributed by atoms with van der Waals surface area (Å²) in [7, 11) is 1.64. The second-order valence-electron chi connectivity index (χ2n) is 5.46. The van der Waals surface area contributed by atoms with Crippen molar-refractivity contribution in [3.05, 3.63) is 0 Å². The lowest BCUT2D eigenvalue weighted by molar-refractivity contribution is -0.144. The van der Waals surface area contributed by atoms with Crippen LogP contribution in [0.1, 0.15) is 33.1 Å². The predicted octanol–water partition coefficient (Wildman–Crippen LogP) is 0.713. The minimum absolute atomic E-state index is 0.00160. The van der Waals surface area contributed by atoms with Crippen LogP contribution in [0.5, 0.6) is 0 Å². The summed E-state index contributed by atoms with van der Waals surface area (Å²) in [5, 5.41) is 11.9. The van der Waals surface area contributed by atoms with Gasteiger partial charge in [0, 0.05) is 32.8 Å². The van der Waals surface area contributed by atoms with Gasteiger partial charge in [-0.05, 0) is 33.1 Å². The summed E-state index contributed by atoms with van der Waals surface area (Å²) in [5.41, 5.74) is 0. The number of piperidine rings is 1. The number of ether oxygens (including phenoxy) is 1. The Kier molecular flexibility index (Phi) is 6.95. The van der Waals surface area contributed by atoms with Crippen LogP contribution in [0.25, 0.3) is 0 Å². The van der Waals surface area contributed by atoms with Crippen molar-refractivity contribution in [2.75, 3.05) is 26.8 Å². The van der Waals surface area contributed by atoms with Gasteiger partial charge in [0.25, 0.3) is 0 Å². The molecule has 1 amide bonds. The Morgan fingerprint density at radius 2 is 2.20 bits per heavy atom. The van der Waals surface area contributed by atoms with Gasteiger partial charge in [-0.25, -0.2) is 0 Å². The molecule has 0 aliphatic carbocycles. The number of methoxy groups -OCH3 is 1.